The van der Waals surface area contributed by atoms with Gasteiger partial charge in [-0.15, -0.1) is 0 Å². The fraction of sp³-hybridized carbons (Fsp3) is 1.00. The van der Waals surface area contributed by atoms with Gasteiger partial charge in [-0.05, 0) is 47.3 Å². The quantitative estimate of drug-likeness (QED) is 0.720. The van der Waals surface area contributed by atoms with Crippen molar-refractivity contribution in [1.29, 1.82) is 0 Å². The van der Waals surface area contributed by atoms with Gasteiger partial charge in [-0.1, -0.05) is 19.6 Å². The molecular weight excluding hydrogens is 274 g/mol. The molecule has 0 bridgehead atoms. The van der Waals surface area contributed by atoms with E-state index in [2.05, 4.69) is 90.1 Å². The highest BCUT2D eigenvalue weighted by molar-refractivity contribution is 6.95. The van der Waals surface area contributed by atoms with Gasteiger partial charge >= 0.3 is 0 Å². The van der Waals surface area contributed by atoms with Crippen LogP contribution >= 0.6 is 0 Å². The lowest BCUT2D eigenvalue weighted by atomic mass is 11.6. The van der Waals surface area contributed by atoms with Crippen molar-refractivity contribution in [2.45, 2.75) is 45.8 Å². The first-order valence-corrected chi connectivity index (χ1v) is 15.9. The molecular formula is C10H30N3Si4. The second-order valence-corrected chi connectivity index (χ2v) is 22.5. The third-order valence-electron chi connectivity index (χ3n) is 4.29. The van der Waals surface area contributed by atoms with E-state index in [1.165, 1.54) is 0 Å². The summed E-state index contributed by atoms with van der Waals surface area (Å²) < 4.78 is 7.65. The second kappa shape index (κ2) is 5.39. The van der Waals surface area contributed by atoms with Crippen molar-refractivity contribution in [1.82, 2.24) is 12.7 Å². The first-order valence-electron chi connectivity index (χ1n) is 6.18. The van der Waals surface area contributed by atoms with Crippen LogP contribution < -0.4 is 0 Å². The smallest absolute Gasteiger partial charge is 0.187 e. The highest BCUT2D eigenvalue weighted by Crippen LogP contribution is 2.25. The van der Waals surface area contributed by atoms with Gasteiger partial charge in [0.2, 0.25) is 0 Å². The van der Waals surface area contributed by atoms with Gasteiger partial charge in [-0.2, -0.15) is 0 Å². The van der Waals surface area contributed by atoms with Gasteiger partial charge < -0.3 is 12.7 Å². The minimum Gasteiger partial charge on any atom is -0.340 e. The van der Waals surface area contributed by atoms with Crippen LogP contribution in [-0.2, 0) is 0 Å². The van der Waals surface area contributed by atoms with E-state index in [1.54, 1.807) is 0 Å². The highest BCUT2D eigenvalue weighted by Gasteiger charge is 2.45. The van der Waals surface area contributed by atoms with E-state index in [0.717, 1.165) is 0 Å². The van der Waals surface area contributed by atoms with E-state index >= 15 is 0 Å². The van der Waals surface area contributed by atoms with Crippen molar-refractivity contribution in [3.05, 3.63) is 0 Å². The first-order chi connectivity index (χ1) is 7.25. The third-order valence-corrected chi connectivity index (χ3v) is 21.4. The van der Waals surface area contributed by atoms with E-state index in [-0.39, 0.29) is 0 Å². The fourth-order valence-electron chi connectivity index (χ4n) is 1.94. The maximum atomic E-state index is 3.71. The summed E-state index contributed by atoms with van der Waals surface area (Å²) in [6.07, 6.45) is 0. The van der Waals surface area contributed by atoms with E-state index in [9.17, 15) is 0 Å². The Morgan fingerprint density at radius 2 is 1.00 bits per heavy atom. The van der Waals surface area contributed by atoms with Crippen LogP contribution in [0.25, 0.3) is 0 Å². The molecule has 0 saturated carbocycles. The molecule has 0 saturated heterocycles. The molecule has 0 rings (SSSR count). The van der Waals surface area contributed by atoms with Crippen molar-refractivity contribution in [3.63, 3.8) is 0 Å². The summed E-state index contributed by atoms with van der Waals surface area (Å²) in [7, 11) is 6.19. The lowest BCUT2D eigenvalue weighted by molar-refractivity contribution is 0.576. The maximum absolute atomic E-state index is 3.71. The lowest BCUT2D eigenvalue weighted by Gasteiger charge is -2.53. The Hall–Kier alpha value is 0.748. The van der Waals surface area contributed by atoms with Crippen molar-refractivity contribution in [3.8, 4) is 0 Å². The minimum absolute atomic E-state index is 1.23. The zero-order chi connectivity index (χ0) is 14.2. The zero-order valence-electron chi connectivity index (χ0n) is 13.3. The van der Waals surface area contributed by atoms with Crippen LogP contribution in [0.5, 0.6) is 0 Å². The monoisotopic (exact) mass is 304 g/mol. The predicted octanol–water partition coefficient (Wildman–Crippen LogP) is 2.10. The Balaban J connectivity index is 5.20. The topological polar surface area (TPSA) is 9.72 Å². The summed E-state index contributed by atoms with van der Waals surface area (Å²) in [5.74, 6) is 0. The molecule has 0 N–H and O–H groups in total. The molecule has 0 amide bonds. The summed E-state index contributed by atoms with van der Waals surface area (Å²) in [4.78, 5) is 0. The Labute approximate surface area is 115 Å². The summed E-state index contributed by atoms with van der Waals surface area (Å²) in [6, 6.07) is 0. The normalized spacial score (nSPS) is 15.2. The van der Waals surface area contributed by atoms with Gasteiger partial charge in [0.05, 0.1) is 0 Å². The van der Waals surface area contributed by atoms with Crippen LogP contribution in [0.1, 0.15) is 0 Å². The molecule has 101 valence electrons. The molecule has 0 spiro atoms. The maximum Gasteiger partial charge on any atom is 0.187 e. The van der Waals surface area contributed by atoms with Crippen LogP contribution in [0.2, 0.25) is 45.8 Å². The second-order valence-electron chi connectivity index (χ2n) is 6.84. The van der Waals surface area contributed by atoms with Crippen molar-refractivity contribution >= 4 is 35.4 Å². The molecule has 0 fully saturated rings. The van der Waals surface area contributed by atoms with Gasteiger partial charge in [-0.3, -0.25) is 0 Å². The Morgan fingerprint density at radius 1 is 0.647 bits per heavy atom. The molecule has 0 atom stereocenters. The number of hydrogen-bond donors (Lipinski definition) is 0. The molecule has 0 aromatic rings. The van der Waals surface area contributed by atoms with Gasteiger partial charge in [0.1, 0.15) is 18.6 Å². The summed E-state index contributed by atoms with van der Waals surface area (Å²) in [6.45, 7) is 17.0. The summed E-state index contributed by atoms with van der Waals surface area (Å²) in [5, 5.41) is 0. The molecule has 3 radical (unpaired) electrons. The van der Waals surface area contributed by atoms with Crippen molar-refractivity contribution in [2.24, 2.45) is 0 Å². The fourth-order valence-corrected chi connectivity index (χ4v) is 17.2. The summed E-state index contributed by atoms with van der Waals surface area (Å²) in [5.41, 5.74) is 0. The Bertz CT molecular complexity index is 261. The molecule has 0 aromatic carbocycles. The van der Waals surface area contributed by atoms with Gasteiger partial charge in [0.25, 0.3) is 0 Å². The van der Waals surface area contributed by atoms with Crippen LogP contribution in [-0.4, -0.2) is 69.3 Å². The van der Waals surface area contributed by atoms with E-state index in [4.69, 9.17) is 0 Å². The van der Waals surface area contributed by atoms with Gasteiger partial charge in [0, 0.05) is 0 Å². The number of nitrogens with zero attached hydrogens (tertiary/aromatic N) is 3. The van der Waals surface area contributed by atoms with Crippen LogP contribution in [0.4, 0.5) is 0 Å². The number of rotatable bonds is 5. The lowest BCUT2D eigenvalue weighted by Crippen LogP contribution is -2.74. The Morgan fingerprint density at radius 3 is 1.24 bits per heavy atom. The molecule has 0 aromatic heterocycles. The molecule has 0 aliphatic carbocycles. The predicted molar refractivity (Wildman–Crippen MR) is 87.4 cm³/mol. The van der Waals surface area contributed by atoms with Crippen LogP contribution in [0.3, 0.4) is 0 Å². The zero-order valence-corrected chi connectivity index (χ0v) is 17.3. The van der Waals surface area contributed by atoms with Gasteiger partial charge in [-0.25, -0.2) is 0 Å². The molecule has 0 heterocycles. The molecule has 0 aliphatic heterocycles. The molecule has 17 heavy (non-hydrogen) atoms. The number of hydrogen-bond acceptors (Lipinski definition) is 3. The van der Waals surface area contributed by atoms with Crippen molar-refractivity contribution in [2.75, 3.05) is 21.1 Å². The molecule has 7 heteroatoms. The van der Waals surface area contributed by atoms with E-state index in [0.29, 0.717) is 0 Å². The van der Waals surface area contributed by atoms with E-state index < -0.39 is 25.0 Å². The van der Waals surface area contributed by atoms with Crippen LogP contribution in [0, 0.1) is 0 Å². The minimum atomic E-state index is -1.54. The SMILES string of the molecule is CN([Si])[Si](C)(C)N(C)[Si](C)(C)N(C)[Si](C)(C)C. The largest absolute Gasteiger partial charge is 0.340 e. The van der Waals surface area contributed by atoms with E-state index in [1.807, 2.05) is 0 Å². The standard InChI is InChI=1S/C10H30N3Si4/c1-11(14)16(7,8)13(3)17(9,10)12(2)15(4,5)6/h1-10H3. The molecule has 0 aliphatic rings. The van der Waals surface area contributed by atoms with Crippen molar-refractivity contribution < 1.29 is 0 Å². The molecule has 0 unspecified atom stereocenters. The Kier molecular flexibility index (Phi) is 5.63. The van der Waals surface area contributed by atoms with Crippen LogP contribution in [0.15, 0.2) is 0 Å². The van der Waals surface area contributed by atoms with Gasteiger partial charge in [0.15, 0.2) is 16.8 Å². The average Bonchev–Trinajstić information content (AvgIpc) is 2.13. The average molecular weight is 305 g/mol. The molecule has 3 nitrogen and oxygen atoms in total. The summed E-state index contributed by atoms with van der Waals surface area (Å²) >= 11 is 0. The third kappa shape index (κ3) is 3.85. The highest BCUT2D eigenvalue weighted by atomic mass is 28.5. The first kappa shape index (κ1) is 17.7.